The van der Waals surface area contributed by atoms with Gasteiger partial charge in [-0.25, -0.2) is 0 Å². The molecule has 2 aliphatic rings. The number of nitrogens with one attached hydrogen (secondary N) is 1. The third kappa shape index (κ3) is 17.7. The van der Waals surface area contributed by atoms with Gasteiger partial charge in [-0.3, -0.25) is 9.80 Å². The first kappa shape index (κ1) is 44.3. The largest absolute Gasteiger partial charge is 0.396 e. The Kier molecular flexibility index (Phi) is 24.5. The lowest BCUT2D eigenvalue weighted by molar-refractivity contribution is 0.183. The lowest BCUT2D eigenvalue weighted by Gasteiger charge is -2.37. The highest BCUT2D eigenvalue weighted by Crippen LogP contribution is 2.24. The molecule has 276 valence electrons. The number of aliphatic hydroxyl groups is 1. The van der Waals surface area contributed by atoms with Crippen LogP contribution in [-0.4, -0.2) is 87.0 Å². The van der Waals surface area contributed by atoms with Crippen molar-refractivity contribution < 1.29 is 5.11 Å². The van der Waals surface area contributed by atoms with Crippen molar-refractivity contribution in [2.24, 2.45) is 5.92 Å². The van der Waals surface area contributed by atoms with Gasteiger partial charge in [-0.1, -0.05) is 134 Å². The van der Waals surface area contributed by atoms with Crippen LogP contribution in [0.2, 0.25) is 0 Å². The molecule has 49 heavy (non-hydrogen) atoms. The van der Waals surface area contributed by atoms with Crippen LogP contribution >= 0.6 is 0 Å². The minimum atomic E-state index is 0.342. The van der Waals surface area contributed by atoms with Crippen molar-refractivity contribution in [3.63, 3.8) is 0 Å². The van der Waals surface area contributed by atoms with Crippen molar-refractivity contribution in [1.29, 1.82) is 0 Å². The fourth-order valence-electron chi connectivity index (χ4n) is 5.61. The summed E-state index contributed by atoms with van der Waals surface area (Å²) in [5.41, 5.74) is 8.06. The highest BCUT2D eigenvalue weighted by Gasteiger charge is 2.18. The van der Waals surface area contributed by atoms with Crippen LogP contribution in [0.25, 0.3) is 11.1 Å². The van der Waals surface area contributed by atoms with E-state index in [-0.39, 0.29) is 0 Å². The number of hydrogen-bond donors (Lipinski definition) is 2. The zero-order chi connectivity index (χ0) is 36.4. The first-order valence-electron chi connectivity index (χ1n) is 19.6. The number of benzene rings is 3. The van der Waals surface area contributed by atoms with Gasteiger partial charge in [0.25, 0.3) is 0 Å². The third-order valence-electron chi connectivity index (χ3n) is 9.51. The molecular weight excluding hydrogens is 601 g/mol. The van der Waals surface area contributed by atoms with Crippen molar-refractivity contribution in [3.05, 3.63) is 89.5 Å². The lowest BCUT2D eigenvalue weighted by atomic mass is 9.96. The van der Waals surface area contributed by atoms with Crippen molar-refractivity contribution in [2.75, 3.05) is 77.0 Å². The minimum absolute atomic E-state index is 0.342. The number of piperazine rings is 2. The summed E-state index contributed by atoms with van der Waals surface area (Å²) >= 11 is 0. The molecule has 2 heterocycles. The lowest BCUT2D eigenvalue weighted by Crippen LogP contribution is -2.50. The van der Waals surface area contributed by atoms with E-state index < -0.39 is 0 Å². The summed E-state index contributed by atoms with van der Waals surface area (Å²) in [5.74, 6) is 1.35. The molecule has 5 rings (SSSR count). The van der Waals surface area contributed by atoms with Crippen LogP contribution < -0.4 is 10.2 Å². The van der Waals surface area contributed by atoms with E-state index in [0.717, 1.165) is 32.6 Å². The number of anilines is 1. The second-order valence-corrected chi connectivity index (χ2v) is 13.1. The molecule has 2 N–H and O–H groups in total. The Morgan fingerprint density at radius 2 is 1.06 bits per heavy atom. The molecule has 0 aliphatic carbocycles. The van der Waals surface area contributed by atoms with E-state index in [1.807, 2.05) is 27.7 Å². The summed E-state index contributed by atoms with van der Waals surface area (Å²) in [5, 5.41) is 11.8. The zero-order valence-corrected chi connectivity index (χ0v) is 33.3. The number of hydrogen-bond acceptors (Lipinski definition) is 5. The maximum Gasteiger partial charge on any atom is 0.0433 e. The maximum absolute atomic E-state index is 8.37. The van der Waals surface area contributed by atoms with Crippen molar-refractivity contribution in [2.45, 2.75) is 94.4 Å². The summed E-state index contributed by atoms with van der Waals surface area (Å²) in [6.45, 7) is 33.3. The Hall–Kier alpha value is -2.70. The van der Waals surface area contributed by atoms with E-state index in [0.29, 0.717) is 18.4 Å². The molecule has 0 bridgehead atoms. The van der Waals surface area contributed by atoms with Gasteiger partial charge in [-0.15, -0.1) is 0 Å². The topological polar surface area (TPSA) is 42.0 Å². The standard InChI is InChI=1S/C17H28N4.C17H20.C6H14O.2C2H6/c1-16-2-4-17(5-3-16)21-14-12-20(13-15-21)11-10-19-8-6-18-7-9-19;1-4-14(3)15-9-11-17(12-10-15)16-7-5-13(2)6-8-16;1-3-6(2)4-5-7;2*1-2/h2-5,18H,6-15H2,1H3;5-12,14H,4H2,1-3H3;6-7H,3-5H2,1-2H3;2*1-2H3. The molecule has 5 nitrogen and oxygen atoms in total. The van der Waals surface area contributed by atoms with Gasteiger partial charge in [0.2, 0.25) is 0 Å². The van der Waals surface area contributed by atoms with E-state index >= 15 is 0 Å². The summed E-state index contributed by atoms with van der Waals surface area (Å²) < 4.78 is 0. The third-order valence-corrected chi connectivity index (χ3v) is 9.51. The first-order valence-corrected chi connectivity index (χ1v) is 19.6. The molecule has 2 saturated heterocycles. The Balaban J connectivity index is 0.000000384. The number of aliphatic hydroxyl groups excluding tert-OH is 1. The molecule has 2 atom stereocenters. The molecule has 2 fully saturated rings. The molecule has 2 unspecified atom stereocenters. The second-order valence-electron chi connectivity index (χ2n) is 13.1. The highest BCUT2D eigenvalue weighted by molar-refractivity contribution is 5.64. The summed E-state index contributed by atoms with van der Waals surface area (Å²) in [4.78, 5) is 7.72. The van der Waals surface area contributed by atoms with Crippen molar-refractivity contribution in [3.8, 4) is 11.1 Å². The predicted octanol–water partition coefficient (Wildman–Crippen LogP) is 9.67. The molecule has 2 aliphatic heterocycles. The van der Waals surface area contributed by atoms with Gasteiger partial charge in [-0.2, -0.15) is 0 Å². The van der Waals surface area contributed by atoms with Gasteiger partial charge in [0.15, 0.2) is 0 Å². The van der Waals surface area contributed by atoms with Crippen LogP contribution in [0.3, 0.4) is 0 Å². The monoisotopic (exact) mass is 675 g/mol. The van der Waals surface area contributed by atoms with Gasteiger partial charge >= 0.3 is 0 Å². The fourth-order valence-corrected chi connectivity index (χ4v) is 5.61. The Morgan fingerprint density at radius 1 is 0.612 bits per heavy atom. The van der Waals surface area contributed by atoms with Gasteiger partial charge in [-0.05, 0) is 67.3 Å². The summed E-state index contributed by atoms with van der Waals surface area (Å²) in [6, 6.07) is 26.6. The molecule has 3 aromatic rings. The SMILES string of the molecule is CC.CC.CCC(C)CCO.CCC(C)c1ccc(-c2ccc(C)cc2)cc1.Cc1ccc(N2CCN(CCN3CCNCC3)CC2)cc1. The van der Waals surface area contributed by atoms with Crippen molar-refractivity contribution >= 4 is 5.69 Å². The Labute approximate surface area is 303 Å². The van der Waals surface area contributed by atoms with E-state index in [1.165, 1.54) is 85.6 Å². The predicted molar refractivity (Wildman–Crippen MR) is 218 cm³/mol. The van der Waals surface area contributed by atoms with E-state index in [1.54, 1.807) is 0 Å². The van der Waals surface area contributed by atoms with Crippen LogP contribution in [0.15, 0.2) is 72.8 Å². The molecule has 5 heteroatoms. The fraction of sp³-hybridized carbons (Fsp3) is 0.591. The molecule has 0 spiro atoms. The van der Waals surface area contributed by atoms with Crippen LogP contribution in [0.1, 0.15) is 97.3 Å². The number of nitrogens with zero attached hydrogens (tertiary/aromatic N) is 3. The van der Waals surface area contributed by atoms with Crippen molar-refractivity contribution in [1.82, 2.24) is 15.1 Å². The zero-order valence-electron chi connectivity index (χ0n) is 33.3. The number of aryl methyl sites for hydroxylation is 2. The van der Waals surface area contributed by atoms with E-state index in [2.05, 4.69) is 134 Å². The second kappa shape index (κ2) is 27.1. The Morgan fingerprint density at radius 3 is 1.49 bits per heavy atom. The molecule has 0 amide bonds. The normalized spacial score (nSPS) is 15.9. The summed E-state index contributed by atoms with van der Waals surface area (Å²) in [6.07, 6.45) is 3.33. The van der Waals surface area contributed by atoms with E-state index in [4.69, 9.17) is 5.11 Å². The average molecular weight is 675 g/mol. The smallest absolute Gasteiger partial charge is 0.0433 e. The van der Waals surface area contributed by atoms with Crippen LogP contribution in [0, 0.1) is 19.8 Å². The molecule has 0 radical (unpaired) electrons. The Bertz CT molecular complexity index is 1170. The summed E-state index contributed by atoms with van der Waals surface area (Å²) in [7, 11) is 0. The van der Waals surface area contributed by atoms with Gasteiger partial charge < -0.3 is 15.3 Å². The average Bonchev–Trinajstić information content (AvgIpc) is 3.17. The minimum Gasteiger partial charge on any atom is -0.396 e. The molecule has 0 saturated carbocycles. The highest BCUT2D eigenvalue weighted by atomic mass is 16.3. The maximum atomic E-state index is 8.37. The number of rotatable bonds is 10. The van der Waals surface area contributed by atoms with Crippen LogP contribution in [-0.2, 0) is 0 Å². The van der Waals surface area contributed by atoms with Gasteiger partial charge in [0.1, 0.15) is 0 Å². The molecule has 3 aromatic carbocycles. The molecule has 0 aromatic heterocycles. The quantitative estimate of drug-likeness (QED) is 0.224. The van der Waals surface area contributed by atoms with E-state index in [9.17, 15) is 0 Å². The molecular formula is C44H74N4O. The van der Waals surface area contributed by atoms with Crippen LogP contribution in [0.5, 0.6) is 0 Å². The van der Waals surface area contributed by atoms with Crippen LogP contribution in [0.4, 0.5) is 5.69 Å². The van der Waals surface area contributed by atoms with Gasteiger partial charge in [0.05, 0.1) is 0 Å². The van der Waals surface area contributed by atoms with Gasteiger partial charge in [0, 0.05) is 77.7 Å². The first-order chi connectivity index (χ1) is 23.8.